The van der Waals surface area contributed by atoms with Crippen molar-refractivity contribution in [3.8, 4) is 11.5 Å². The second kappa shape index (κ2) is 7.28. The van der Waals surface area contributed by atoms with Gasteiger partial charge in [-0.1, -0.05) is 0 Å². The lowest BCUT2D eigenvalue weighted by molar-refractivity contribution is -0.384. The van der Waals surface area contributed by atoms with Gasteiger partial charge in [-0.15, -0.1) is 10.2 Å². The Morgan fingerprint density at radius 3 is 2.52 bits per heavy atom. The molecule has 0 bridgehead atoms. The third kappa shape index (κ3) is 3.94. The van der Waals surface area contributed by atoms with Crippen LogP contribution in [-0.4, -0.2) is 21.1 Å². The summed E-state index contributed by atoms with van der Waals surface area (Å²) in [5.74, 6) is -2.88. The largest absolute Gasteiger partial charge is 0.449 e. The molecule has 0 spiro atoms. The van der Waals surface area contributed by atoms with E-state index in [0.717, 1.165) is 12.1 Å². The number of hydrogen-bond acceptors (Lipinski definition) is 7. The van der Waals surface area contributed by atoms with E-state index in [1.165, 1.54) is 31.2 Å². The second-order valence-electron chi connectivity index (χ2n) is 5.42. The van der Waals surface area contributed by atoms with Crippen LogP contribution in [0.4, 0.5) is 14.5 Å². The fourth-order valence-electron chi connectivity index (χ4n) is 2.17. The molecule has 0 radical (unpaired) electrons. The van der Waals surface area contributed by atoms with Crippen LogP contribution in [0.1, 0.15) is 29.3 Å². The highest BCUT2D eigenvalue weighted by molar-refractivity contribution is 5.89. The van der Waals surface area contributed by atoms with Gasteiger partial charge in [0.25, 0.3) is 11.6 Å². The Balaban J connectivity index is 1.73. The predicted octanol–water partition coefficient (Wildman–Crippen LogP) is 3.84. The van der Waals surface area contributed by atoms with Crippen molar-refractivity contribution in [1.82, 2.24) is 10.2 Å². The summed E-state index contributed by atoms with van der Waals surface area (Å²) in [5.41, 5.74) is -0.0945. The fraction of sp³-hybridized carbons (Fsp3) is 0.118. The molecule has 0 saturated carbocycles. The summed E-state index contributed by atoms with van der Waals surface area (Å²) >= 11 is 0. The zero-order chi connectivity index (χ0) is 19.6. The molecule has 0 fully saturated rings. The SMILES string of the molecule is C[C@@H](OC(=O)c1ccc(F)cc1F)c1nnc(-c2ccc([N+](=O)[O-])cc2)o1. The van der Waals surface area contributed by atoms with Gasteiger partial charge in [0.15, 0.2) is 6.10 Å². The number of nitro benzene ring substituents is 1. The highest BCUT2D eigenvalue weighted by Crippen LogP contribution is 2.25. The van der Waals surface area contributed by atoms with Crippen molar-refractivity contribution in [3.05, 3.63) is 75.7 Å². The Morgan fingerprint density at radius 1 is 1.19 bits per heavy atom. The van der Waals surface area contributed by atoms with Crippen LogP contribution in [0.15, 0.2) is 46.9 Å². The van der Waals surface area contributed by atoms with Crippen molar-refractivity contribution in [3.63, 3.8) is 0 Å². The average molecular weight is 375 g/mol. The number of aromatic nitrogens is 2. The van der Waals surface area contributed by atoms with Gasteiger partial charge >= 0.3 is 5.97 Å². The molecule has 1 heterocycles. The summed E-state index contributed by atoms with van der Waals surface area (Å²) in [5, 5.41) is 18.2. The summed E-state index contributed by atoms with van der Waals surface area (Å²) in [7, 11) is 0. The molecule has 8 nitrogen and oxygen atoms in total. The third-order valence-corrected chi connectivity index (χ3v) is 3.55. The van der Waals surface area contributed by atoms with Crippen LogP contribution in [0.2, 0.25) is 0 Å². The van der Waals surface area contributed by atoms with Crippen molar-refractivity contribution < 1.29 is 27.7 Å². The highest BCUT2D eigenvalue weighted by Gasteiger charge is 2.22. The minimum atomic E-state index is -1.05. The number of carbonyl (C=O) groups is 1. The van der Waals surface area contributed by atoms with E-state index in [4.69, 9.17) is 9.15 Å². The van der Waals surface area contributed by atoms with E-state index in [0.29, 0.717) is 11.6 Å². The number of benzene rings is 2. The molecule has 27 heavy (non-hydrogen) atoms. The molecule has 10 heteroatoms. The number of non-ortho nitro benzene ring substituents is 1. The van der Waals surface area contributed by atoms with E-state index >= 15 is 0 Å². The first kappa shape index (κ1) is 18.1. The van der Waals surface area contributed by atoms with Gasteiger partial charge < -0.3 is 9.15 Å². The van der Waals surface area contributed by atoms with Crippen LogP contribution in [0.25, 0.3) is 11.5 Å². The Kier molecular flexibility index (Phi) is 4.88. The number of halogens is 2. The Hall–Kier alpha value is -3.69. The standard InChI is InChI=1S/C17H11F2N3O5/c1-9(26-17(23)13-7-4-11(18)8-14(13)19)15-20-21-16(27-15)10-2-5-12(6-3-10)22(24)25/h2-9H,1H3/t9-/m1/s1. The molecule has 0 unspecified atom stereocenters. The zero-order valence-corrected chi connectivity index (χ0v) is 13.8. The first-order chi connectivity index (χ1) is 12.8. The minimum Gasteiger partial charge on any atom is -0.449 e. The van der Waals surface area contributed by atoms with Crippen LogP contribution in [0.3, 0.4) is 0 Å². The average Bonchev–Trinajstić information content (AvgIpc) is 3.12. The molecule has 1 atom stereocenters. The van der Waals surface area contributed by atoms with Gasteiger partial charge in [0, 0.05) is 23.8 Å². The summed E-state index contributed by atoms with van der Waals surface area (Å²) in [4.78, 5) is 22.1. The van der Waals surface area contributed by atoms with Gasteiger partial charge in [0.2, 0.25) is 5.89 Å². The van der Waals surface area contributed by atoms with Gasteiger partial charge in [0.1, 0.15) is 11.6 Å². The van der Waals surface area contributed by atoms with Crippen LogP contribution in [0.5, 0.6) is 0 Å². The molecule has 0 aliphatic rings. The third-order valence-electron chi connectivity index (χ3n) is 3.55. The van der Waals surface area contributed by atoms with Gasteiger partial charge in [-0.2, -0.15) is 0 Å². The number of esters is 1. The smallest absolute Gasteiger partial charge is 0.341 e. The lowest BCUT2D eigenvalue weighted by Gasteiger charge is -2.09. The molecular formula is C17H11F2N3O5. The molecule has 2 aromatic carbocycles. The van der Waals surface area contributed by atoms with Crippen molar-refractivity contribution in [2.45, 2.75) is 13.0 Å². The quantitative estimate of drug-likeness (QED) is 0.379. The fourth-order valence-corrected chi connectivity index (χ4v) is 2.17. The van der Waals surface area contributed by atoms with E-state index in [2.05, 4.69) is 10.2 Å². The summed E-state index contributed by atoms with van der Waals surface area (Å²) in [6.07, 6.45) is -0.999. The topological polar surface area (TPSA) is 108 Å². The van der Waals surface area contributed by atoms with Crippen molar-refractivity contribution in [2.24, 2.45) is 0 Å². The Morgan fingerprint density at radius 2 is 1.89 bits per heavy atom. The number of ether oxygens (including phenoxy) is 1. The lowest BCUT2D eigenvalue weighted by atomic mass is 10.2. The van der Waals surface area contributed by atoms with Crippen LogP contribution in [0, 0.1) is 21.7 Å². The van der Waals surface area contributed by atoms with Crippen LogP contribution >= 0.6 is 0 Å². The summed E-state index contributed by atoms with van der Waals surface area (Å²) < 4.78 is 37.0. The molecule has 1 aromatic heterocycles. The normalized spacial score (nSPS) is 11.8. The van der Waals surface area contributed by atoms with E-state index in [1.807, 2.05) is 0 Å². The minimum absolute atomic E-state index is 0.0563. The number of hydrogen-bond donors (Lipinski definition) is 0. The predicted molar refractivity (Wildman–Crippen MR) is 86.6 cm³/mol. The number of rotatable bonds is 5. The van der Waals surface area contributed by atoms with Crippen molar-refractivity contribution in [2.75, 3.05) is 0 Å². The summed E-state index contributed by atoms with van der Waals surface area (Å²) in [6, 6.07) is 7.89. The molecular weight excluding hydrogens is 364 g/mol. The first-order valence-corrected chi connectivity index (χ1v) is 7.59. The molecule has 0 N–H and O–H groups in total. The van der Waals surface area contributed by atoms with E-state index in [-0.39, 0.29) is 17.5 Å². The monoisotopic (exact) mass is 375 g/mol. The van der Waals surface area contributed by atoms with E-state index in [9.17, 15) is 23.7 Å². The van der Waals surface area contributed by atoms with Gasteiger partial charge in [-0.3, -0.25) is 10.1 Å². The number of nitrogens with zero attached hydrogens (tertiary/aromatic N) is 3. The van der Waals surface area contributed by atoms with Gasteiger partial charge in [0.05, 0.1) is 10.5 Å². The Bertz CT molecular complexity index is 1000. The lowest BCUT2D eigenvalue weighted by Crippen LogP contribution is -2.11. The van der Waals surface area contributed by atoms with Gasteiger partial charge in [-0.25, -0.2) is 13.6 Å². The molecule has 0 aliphatic heterocycles. The maximum atomic E-state index is 13.6. The first-order valence-electron chi connectivity index (χ1n) is 7.59. The molecule has 138 valence electrons. The maximum absolute atomic E-state index is 13.6. The van der Waals surface area contributed by atoms with Crippen molar-refractivity contribution in [1.29, 1.82) is 0 Å². The molecule has 0 amide bonds. The Labute approximate surface area is 150 Å². The van der Waals surface area contributed by atoms with Crippen LogP contribution in [-0.2, 0) is 4.74 Å². The molecule has 0 saturated heterocycles. The van der Waals surface area contributed by atoms with Crippen molar-refractivity contribution >= 4 is 11.7 Å². The highest BCUT2D eigenvalue weighted by atomic mass is 19.1. The number of carbonyl (C=O) groups excluding carboxylic acids is 1. The van der Waals surface area contributed by atoms with E-state index < -0.39 is 34.2 Å². The number of nitro groups is 1. The molecule has 0 aliphatic carbocycles. The second-order valence-corrected chi connectivity index (χ2v) is 5.42. The summed E-state index contributed by atoms with van der Waals surface area (Å²) in [6.45, 7) is 1.44. The van der Waals surface area contributed by atoms with Crippen LogP contribution < -0.4 is 0 Å². The molecule has 3 rings (SSSR count). The van der Waals surface area contributed by atoms with Gasteiger partial charge in [-0.05, 0) is 31.2 Å². The zero-order valence-electron chi connectivity index (χ0n) is 13.8. The van der Waals surface area contributed by atoms with E-state index in [1.54, 1.807) is 0 Å². The molecule has 3 aromatic rings. The maximum Gasteiger partial charge on any atom is 0.341 e.